The minimum absolute atomic E-state index is 0.0235. The molecule has 4 heteroatoms. The van der Waals surface area contributed by atoms with Gasteiger partial charge in [-0.1, -0.05) is 17.7 Å². The third-order valence-electron chi connectivity index (χ3n) is 1.33. The largest absolute Gasteiger partial charge is 0.281 e. The lowest BCUT2D eigenvalue weighted by Crippen LogP contribution is -1.93. The third-order valence-corrected chi connectivity index (χ3v) is 1.77. The van der Waals surface area contributed by atoms with Gasteiger partial charge in [0.15, 0.2) is 0 Å². The Bertz CT molecular complexity index is 312. The van der Waals surface area contributed by atoms with Crippen molar-refractivity contribution in [2.24, 2.45) is 0 Å². The standard InChI is InChI=1S/C8H5Cl2FO/c9-6-2-1-5(3-7(6)11)4-8(10)12/h1-3H,4H2. The predicted molar refractivity (Wildman–Crippen MR) is 46.0 cm³/mol. The predicted octanol–water partition coefficient (Wildman–Crippen LogP) is 2.79. The van der Waals surface area contributed by atoms with Crippen LogP contribution in [-0.2, 0) is 11.2 Å². The molecule has 0 fully saturated rings. The number of benzene rings is 1. The van der Waals surface area contributed by atoms with Crippen LogP contribution in [0.2, 0.25) is 5.02 Å². The Balaban J connectivity index is 2.89. The molecule has 0 aliphatic heterocycles. The molecule has 0 heterocycles. The molecule has 0 atom stereocenters. The molecule has 0 aliphatic carbocycles. The van der Waals surface area contributed by atoms with Crippen molar-refractivity contribution in [3.63, 3.8) is 0 Å². The van der Waals surface area contributed by atoms with E-state index in [9.17, 15) is 9.18 Å². The Morgan fingerprint density at radius 1 is 1.50 bits per heavy atom. The molecule has 12 heavy (non-hydrogen) atoms. The Morgan fingerprint density at radius 2 is 2.17 bits per heavy atom. The average molecular weight is 207 g/mol. The molecule has 0 N–H and O–H groups in total. The van der Waals surface area contributed by atoms with Gasteiger partial charge in [0.05, 0.1) is 5.02 Å². The number of hydrogen-bond donors (Lipinski definition) is 0. The maximum Gasteiger partial charge on any atom is 0.226 e. The minimum Gasteiger partial charge on any atom is -0.281 e. The lowest BCUT2D eigenvalue weighted by atomic mass is 10.2. The van der Waals surface area contributed by atoms with Crippen molar-refractivity contribution in [3.8, 4) is 0 Å². The van der Waals surface area contributed by atoms with E-state index in [-0.39, 0.29) is 11.4 Å². The highest BCUT2D eigenvalue weighted by molar-refractivity contribution is 6.63. The van der Waals surface area contributed by atoms with E-state index in [1.165, 1.54) is 12.1 Å². The third kappa shape index (κ3) is 2.47. The Hall–Kier alpha value is -0.600. The number of hydrogen-bond acceptors (Lipinski definition) is 1. The van der Waals surface area contributed by atoms with Gasteiger partial charge in [0.25, 0.3) is 0 Å². The van der Waals surface area contributed by atoms with Crippen LogP contribution in [0.25, 0.3) is 0 Å². The van der Waals surface area contributed by atoms with Gasteiger partial charge < -0.3 is 0 Å². The lowest BCUT2D eigenvalue weighted by Gasteiger charge is -1.97. The summed E-state index contributed by atoms with van der Waals surface area (Å²) in [7, 11) is 0. The van der Waals surface area contributed by atoms with Crippen molar-refractivity contribution in [1.82, 2.24) is 0 Å². The van der Waals surface area contributed by atoms with Crippen LogP contribution in [0, 0.1) is 5.82 Å². The molecular formula is C8H5Cl2FO. The molecule has 0 unspecified atom stereocenters. The summed E-state index contributed by atoms with van der Waals surface area (Å²) in [5.74, 6) is -0.535. The van der Waals surface area contributed by atoms with Gasteiger partial charge in [-0.15, -0.1) is 0 Å². The van der Waals surface area contributed by atoms with E-state index >= 15 is 0 Å². The van der Waals surface area contributed by atoms with Crippen LogP contribution in [-0.4, -0.2) is 5.24 Å². The van der Waals surface area contributed by atoms with E-state index in [0.717, 1.165) is 0 Å². The van der Waals surface area contributed by atoms with Crippen LogP contribution in [0.5, 0.6) is 0 Å². The number of carbonyl (C=O) groups excluding carboxylic acids is 1. The molecule has 0 bridgehead atoms. The maximum absolute atomic E-state index is 12.7. The minimum atomic E-state index is -0.535. The van der Waals surface area contributed by atoms with Crippen LogP contribution in [0.4, 0.5) is 4.39 Å². The second-order valence-electron chi connectivity index (χ2n) is 2.28. The summed E-state index contributed by atoms with van der Waals surface area (Å²) in [6.07, 6.45) is 0.0235. The fourth-order valence-electron chi connectivity index (χ4n) is 0.810. The van der Waals surface area contributed by atoms with E-state index in [4.69, 9.17) is 23.2 Å². The average Bonchev–Trinajstić information content (AvgIpc) is 1.96. The summed E-state index contributed by atoms with van der Waals surface area (Å²) in [5, 5.41) is -0.475. The molecule has 0 radical (unpaired) electrons. The first-order valence-electron chi connectivity index (χ1n) is 3.22. The summed E-state index contributed by atoms with van der Waals surface area (Å²) in [5.41, 5.74) is 0.525. The Morgan fingerprint density at radius 3 is 2.67 bits per heavy atom. The van der Waals surface area contributed by atoms with Crippen LogP contribution in [0.3, 0.4) is 0 Å². The molecule has 1 aromatic rings. The van der Waals surface area contributed by atoms with Crippen LogP contribution in [0.1, 0.15) is 5.56 Å². The highest BCUT2D eigenvalue weighted by atomic mass is 35.5. The van der Waals surface area contributed by atoms with Crippen molar-refractivity contribution in [3.05, 3.63) is 34.6 Å². The molecule has 0 aromatic heterocycles. The highest BCUT2D eigenvalue weighted by Crippen LogP contribution is 2.16. The molecule has 0 saturated heterocycles. The summed E-state index contributed by atoms with van der Waals surface area (Å²) in [4.78, 5) is 10.4. The zero-order valence-electron chi connectivity index (χ0n) is 5.98. The molecule has 1 aromatic carbocycles. The van der Waals surface area contributed by atoms with Crippen molar-refractivity contribution >= 4 is 28.4 Å². The quantitative estimate of drug-likeness (QED) is 0.681. The second-order valence-corrected chi connectivity index (χ2v) is 3.11. The van der Waals surface area contributed by atoms with E-state index in [2.05, 4.69) is 0 Å². The molecule has 0 saturated carbocycles. The van der Waals surface area contributed by atoms with Gasteiger partial charge >= 0.3 is 0 Å². The first-order chi connectivity index (χ1) is 5.59. The molecule has 0 spiro atoms. The normalized spacial score (nSPS) is 9.92. The van der Waals surface area contributed by atoms with E-state index in [1.54, 1.807) is 6.07 Å². The molecule has 0 aliphatic rings. The first-order valence-corrected chi connectivity index (χ1v) is 3.97. The molecular weight excluding hydrogens is 202 g/mol. The number of halogens is 3. The topological polar surface area (TPSA) is 17.1 Å². The lowest BCUT2D eigenvalue weighted by molar-refractivity contribution is -0.111. The van der Waals surface area contributed by atoms with E-state index in [1.807, 2.05) is 0 Å². The summed E-state index contributed by atoms with van der Waals surface area (Å²) in [6, 6.07) is 4.15. The zero-order valence-corrected chi connectivity index (χ0v) is 7.49. The Labute approximate surface area is 79.1 Å². The number of carbonyl (C=O) groups is 1. The fraction of sp³-hybridized carbons (Fsp3) is 0.125. The van der Waals surface area contributed by atoms with Crippen molar-refractivity contribution in [2.45, 2.75) is 6.42 Å². The van der Waals surface area contributed by atoms with Gasteiger partial charge in [0.1, 0.15) is 5.82 Å². The van der Waals surface area contributed by atoms with Crippen LogP contribution < -0.4 is 0 Å². The highest BCUT2D eigenvalue weighted by Gasteiger charge is 2.03. The summed E-state index contributed by atoms with van der Waals surface area (Å²) in [6.45, 7) is 0. The summed E-state index contributed by atoms with van der Waals surface area (Å²) >= 11 is 10.5. The molecule has 64 valence electrons. The van der Waals surface area contributed by atoms with E-state index in [0.29, 0.717) is 5.56 Å². The van der Waals surface area contributed by atoms with Crippen molar-refractivity contribution in [2.75, 3.05) is 0 Å². The van der Waals surface area contributed by atoms with Gasteiger partial charge in [0.2, 0.25) is 5.24 Å². The van der Waals surface area contributed by atoms with Crippen molar-refractivity contribution < 1.29 is 9.18 Å². The van der Waals surface area contributed by atoms with Crippen molar-refractivity contribution in [1.29, 1.82) is 0 Å². The van der Waals surface area contributed by atoms with Gasteiger partial charge in [0, 0.05) is 6.42 Å². The maximum atomic E-state index is 12.7. The smallest absolute Gasteiger partial charge is 0.226 e. The van der Waals surface area contributed by atoms with Gasteiger partial charge in [-0.2, -0.15) is 0 Å². The molecule has 1 rings (SSSR count). The fourth-order valence-corrected chi connectivity index (χ4v) is 1.08. The van der Waals surface area contributed by atoms with Gasteiger partial charge in [-0.25, -0.2) is 4.39 Å². The second kappa shape index (κ2) is 3.87. The van der Waals surface area contributed by atoms with Gasteiger partial charge in [-0.05, 0) is 29.3 Å². The number of rotatable bonds is 2. The Kier molecular flexibility index (Phi) is 3.06. The first kappa shape index (κ1) is 9.49. The zero-order chi connectivity index (χ0) is 9.14. The van der Waals surface area contributed by atoms with E-state index < -0.39 is 11.1 Å². The summed E-state index contributed by atoms with van der Waals surface area (Å²) < 4.78 is 12.7. The molecule has 0 amide bonds. The SMILES string of the molecule is O=C(Cl)Cc1ccc(Cl)c(F)c1. The van der Waals surface area contributed by atoms with Crippen LogP contribution in [0.15, 0.2) is 18.2 Å². The van der Waals surface area contributed by atoms with Crippen LogP contribution >= 0.6 is 23.2 Å². The monoisotopic (exact) mass is 206 g/mol. The van der Waals surface area contributed by atoms with Gasteiger partial charge in [-0.3, -0.25) is 4.79 Å². The molecule has 1 nitrogen and oxygen atoms in total.